The van der Waals surface area contributed by atoms with Crippen LogP contribution in [0.4, 0.5) is 0 Å². The fourth-order valence-corrected chi connectivity index (χ4v) is 2.44. The number of hydrogen-bond acceptors (Lipinski definition) is 3. The molecular formula is C17H26N2O2. The number of rotatable bonds is 8. The molecule has 0 bridgehead atoms. The first kappa shape index (κ1) is 15.8. The van der Waals surface area contributed by atoms with Gasteiger partial charge in [0.05, 0.1) is 7.11 Å². The van der Waals surface area contributed by atoms with E-state index in [0.29, 0.717) is 25.0 Å². The van der Waals surface area contributed by atoms with Gasteiger partial charge in [-0.2, -0.15) is 0 Å². The molecule has 1 aromatic rings. The number of hydrogen-bond donors (Lipinski definition) is 1. The zero-order valence-electron chi connectivity index (χ0n) is 13.3. The molecule has 1 fully saturated rings. The van der Waals surface area contributed by atoms with E-state index in [1.807, 2.05) is 29.2 Å². The maximum absolute atomic E-state index is 12.5. The molecule has 4 nitrogen and oxygen atoms in total. The number of carbonyl (C=O) groups excluding carboxylic acids is 1. The third-order valence-electron chi connectivity index (χ3n) is 3.73. The van der Waals surface area contributed by atoms with Crippen LogP contribution in [-0.4, -0.2) is 36.5 Å². The molecule has 0 atom stereocenters. The zero-order valence-corrected chi connectivity index (χ0v) is 13.3. The Morgan fingerprint density at radius 2 is 2.10 bits per heavy atom. The Hall–Kier alpha value is -1.55. The Labute approximate surface area is 127 Å². The Morgan fingerprint density at radius 3 is 2.71 bits per heavy atom. The van der Waals surface area contributed by atoms with Gasteiger partial charge in [0.1, 0.15) is 5.75 Å². The highest BCUT2D eigenvalue weighted by atomic mass is 16.5. The summed E-state index contributed by atoms with van der Waals surface area (Å²) >= 11 is 0. The van der Waals surface area contributed by atoms with Crippen molar-refractivity contribution in [2.45, 2.75) is 51.7 Å². The first-order chi connectivity index (χ1) is 10.1. The lowest BCUT2D eigenvalue weighted by Gasteiger charge is -2.24. The van der Waals surface area contributed by atoms with Crippen molar-refractivity contribution in [3.8, 4) is 5.75 Å². The van der Waals surface area contributed by atoms with Gasteiger partial charge in [0, 0.05) is 37.2 Å². The van der Waals surface area contributed by atoms with Crippen LogP contribution in [0.2, 0.25) is 0 Å². The molecule has 1 aliphatic carbocycles. The van der Waals surface area contributed by atoms with Crippen molar-refractivity contribution in [1.82, 2.24) is 10.2 Å². The molecule has 0 aliphatic heterocycles. The first-order valence-corrected chi connectivity index (χ1v) is 7.76. The number of methoxy groups -OCH3 is 1. The fraction of sp³-hybridized carbons (Fsp3) is 0.588. The van der Waals surface area contributed by atoms with E-state index in [1.165, 1.54) is 0 Å². The second-order valence-corrected chi connectivity index (χ2v) is 5.92. The predicted molar refractivity (Wildman–Crippen MR) is 84.3 cm³/mol. The normalized spacial score (nSPS) is 14.3. The van der Waals surface area contributed by atoms with E-state index in [1.54, 1.807) is 7.11 Å². The third-order valence-corrected chi connectivity index (χ3v) is 3.73. The van der Waals surface area contributed by atoms with Crippen LogP contribution in [-0.2, 0) is 11.3 Å². The van der Waals surface area contributed by atoms with Crippen molar-refractivity contribution in [3.63, 3.8) is 0 Å². The van der Waals surface area contributed by atoms with E-state index in [0.717, 1.165) is 30.7 Å². The van der Waals surface area contributed by atoms with Gasteiger partial charge in [-0.25, -0.2) is 0 Å². The minimum Gasteiger partial charge on any atom is -0.496 e. The van der Waals surface area contributed by atoms with Crippen LogP contribution < -0.4 is 10.1 Å². The van der Waals surface area contributed by atoms with Gasteiger partial charge in [0.25, 0.3) is 0 Å². The van der Waals surface area contributed by atoms with Crippen LogP contribution in [0.5, 0.6) is 5.75 Å². The molecule has 1 amide bonds. The molecular weight excluding hydrogens is 264 g/mol. The van der Waals surface area contributed by atoms with E-state index < -0.39 is 0 Å². The lowest BCUT2D eigenvalue weighted by Crippen LogP contribution is -2.35. The van der Waals surface area contributed by atoms with Crippen LogP contribution in [0.25, 0.3) is 0 Å². The second-order valence-electron chi connectivity index (χ2n) is 5.92. The molecule has 2 rings (SSSR count). The minimum absolute atomic E-state index is 0.233. The van der Waals surface area contributed by atoms with Gasteiger partial charge in [-0.1, -0.05) is 32.0 Å². The van der Waals surface area contributed by atoms with E-state index >= 15 is 0 Å². The molecule has 1 aliphatic rings. The van der Waals surface area contributed by atoms with Crippen molar-refractivity contribution < 1.29 is 9.53 Å². The van der Waals surface area contributed by atoms with Gasteiger partial charge in [0.2, 0.25) is 5.91 Å². The van der Waals surface area contributed by atoms with Crippen molar-refractivity contribution in [2.75, 3.05) is 13.7 Å². The van der Waals surface area contributed by atoms with Gasteiger partial charge in [-0.05, 0) is 18.9 Å². The van der Waals surface area contributed by atoms with E-state index in [-0.39, 0.29) is 5.91 Å². The SMILES string of the molecule is COc1ccccc1CN(C(=O)CCNC(C)C)C1CC1. The second kappa shape index (κ2) is 7.46. The van der Waals surface area contributed by atoms with Crippen LogP contribution in [0.3, 0.4) is 0 Å². The summed E-state index contributed by atoms with van der Waals surface area (Å²) < 4.78 is 5.39. The summed E-state index contributed by atoms with van der Waals surface area (Å²) in [6.07, 6.45) is 2.81. The summed E-state index contributed by atoms with van der Waals surface area (Å²) in [7, 11) is 1.68. The Bertz CT molecular complexity index is 470. The standard InChI is InChI=1S/C17H26N2O2/c1-13(2)18-11-10-17(20)19(15-8-9-15)12-14-6-4-5-7-16(14)21-3/h4-7,13,15,18H,8-12H2,1-3H3. The van der Waals surface area contributed by atoms with Crippen LogP contribution in [0, 0.1) is 0 Å². The summed E-state index contributed by atoms with van der Waals surface area (Å²) in [6.45, 7) is 5.58. The summed E-state index contributed by atoms with van der Waals surface area (Å²) in [5.41, 5.74) is 1.08. The number of amides is 1. The number of para-hydroxylation sites is 1. The van der Waals surface area contributed by atoms with Crippen LogP contribution in [0.1, 0.15) is 38.7 Å². The lowest BCUT2D eigenvalue weighted by molar-refractivity contribution is -0.132. The van der Waals surface area contributed by atoms with E-state index in [4.69, 9.17) is 4.74 Å². The molecule has 0 heterocycles. The molecule has 1 saturated carbocycles. The molecule has 0 spiro atoms. The highest BCUT2D eigenvalue weighted by Gasteiger charge is 2.32. The quantitative estimate of drug-likeness (QED) is 0.800. The topological polar surface area (TPSA) is 41.6 Å². The van der Waals surface area contributed by atoms with Gasteiger partial charge in [-0.15, -0.1) is 0 Å². The number of nitrogens with one attached hydrogen (secondary N) is 1. The van der Waals surface area contributed by atoms with Gasteiger partial charge in [0.15, 0.2) is 0 Å². The van der Waals surface area contributed by atoms with Crippen molar-refractivity contribution in [2.24, 2.45) is 0 Å². The molecule has 0 unspecified atom stereocenters. The molecule has 4 heteroatoms. The van der Waals surface area contributed by atoms with Crippen molar-refractivity contribution >= 4 is 5.91 Å². The van der Waals surface area contributed by atoms with Crippen molar-refractivity contribution in [3.05, 3.63) is 29.8 Å². The molecule has 0 saturated heterocycles. The maximum Gasteiger partial charge on any atom is 0.224 e. The first-order valence-electron chi connectivity index (χ1n) is 7.76. The highest BCUT2D eigenvalue weighted by Crippen LogP contribution is 2.30. The molecule has 0 radical (unpaired) electrons. The minimum atomic E-state index is 0.233. The monoisotopic (exact) mass is 290 g/mol. The highest BCUT2D eigenvalue weighted by molar-refractivity contribution is 5.77. The summed E-state index contributed by atoms with van der Waals surface area (Å²) in [5.74, 6) is 1.09. The summed E-state index contributed by atoms with van der Waals surface area (Å²) in [4.78, 5) is 14.5. The van der Waals surface area contributed by atoms with Gasteiger partial charge in [-0.3, -0.25) is 4.79 Å². The molecule has 21 heavy (non-hydrogen) atoms. The van der Waals surface area contributed by atoms with E-state index in [9.17, 15) is 4.79 Å². The van der Waals surface area contributed by atoms with E-state index in [2.05, 4.69) is 19.2 Å². The number of carbonyl (C=O) groups is 1. The summed E-state index contributed by atoms with van der Waals surface area (Å²) in [6, 6.07) is 8.77. The Balaban J connectivity index is 1.97. The Kier molecular flexibility index (Phi) is 5.62. The molecule has 0 aromatic heterocycles. The zero-order chi connectivity index (χ0) is 15.2. The number of ether oxygens (including phenoxy) is 1. The third kappa shape index (κ3) is 4.74. The fourth-order valence-electron chi connectivity index (χ4n) is 2.44. The van der Waals surface area contributed by atoms with Gasteiger partial charge < -0.3 is 15.0 Å². The molecule has 116 valence electrons. The van der Waals surface area contributed by atoms with Gasteiger partial charge >= 0.3 is 0 Å². The Morgan fingerprint density at radius 1 is 1.38 bits per heavy atom. The number of benzene rings is 1. The lowest BCUT2D eigenvalue weighted by atomic mass is 10.1. The molecule has 1 N–H and O–H groups in total. The average Bonchev–Trinajstić information content (AvgIpc) is 3.29. The molecule has 1 aromatic carbocycles. The number of nitrogens with zero attached hydrogens (tertiary/aromatic N) is 1. The predicted octanol–water partition coefficient (Wildman–Crippen LogP) is 2.57. The summed E-state index contributed by atoms with van der Waals surface area (Å²) in [5, 5.41) is 3.30. The average molecular weight is 290 g/mol. The maximum atomic E-state index is 12.5. The largest absolute Gasteiger partial charge is 0.496 e. The van der Waals surface area contributed by atoms with Crippen LogP contribution in [0.15, 0.2) is 24.3 Å². The van der Waals surface area contributed by atoms with Crippen molar-refractivity contribution in [1.29, 1.82) is 0 Å². The smallest absolute Gasteiger partial charge is 0.224 e. The van der Waals surface area contributed by atoms with Crippen LogP contribution >= 0.6 is 0 Å².